The minimum absolute atomic E-state index is 0.169. The molecule has 0 saturated carbocycles. The van der Waals surface area contributed by atoms with Crippen molar-refractivity contribution in [3.8, 4) is 0 Å². The summed E-state index contributed by atoms with van der Waals surface area (Å²) in [6.45, 7) is 1.74. The van der Waals surface area contributed by atoms with E-state index in [0.717, 1.165) is 0 Å². The minimum atomic E-state index is -0.314. The second-order valence-corrected chi connectivity index (χ2v) is 6.79. The molecule has 2 heterocycles. The van der Waals surface area contributed by atoms with E-state index in [1.165, 1.54) is 22.2 Å². The van der Waals surface area contributed by atoms with Gasteiger partial charge in [-0.25, -0.2) is 4.98 Å². The summed E-state index contributed by atoms with van der Waals surface area (Å²) in [6.07, 6.45) is 1.45. The van der Waals surface area contributed by atoms with E-state index in [1.54, 1.807) is 32.2 Å². The van der Waals surface area contributed by atoms with Gasteiger partial charge in [0, 0.05) is 12.7 Å². The van der Waals surface area contributed by atoms with E-state index < -0.39 is 0 Å². The van der Waals surface area contributed by atoms with Crippen LogP contribution in [-0.2, 0) is 7.05 Å². The number of nitrogens with zero attached hydrogens (tertiary/aromatic N) is 2. The largest absolute Gasteiger partial charge is 0.321 e. The third-order valence-corrected chi connectivity index (χ3v) is 5.33. The van der Waals surface area contributed by atoms with E-state index in [1.807, 2.05) is 0 Å². The molecule has 1 aromatic carbocycles. The molecule has 0 radical (unpaired) electrons. The van der Waals surface area contributed by atoms with Crippen molar-refractivity contribution in [2.45, 2.75) is 6.92 Å². The van der Waals surface area contributed by atoms with Gasteiger partial charge in [-0.1, -0.05) is 23.2 Å². The van der Waals surface area contributed by atoms with Crippen LogP contribution in [0.15, 0.2) is 29.3 Å². The van der Waals surface area contributed by atoms with Crippen molar-refractivity contribution in [1.29, 1.82) is 0 Å². The van der Waals surface area contributed by atoms with Gasteiger partial charge >= 0.3 is 0 Å². The quantitative estimate of drug-likeness (QED) is 0.747. The van der Waals surface area contributed by atoms with Crippen LogP contribution in [0.3, 0.4) is 0 Å². The molecule has 118 valence electrons. The molecule has 23 heavy (non-hydrogen) atoms. The summed E-state index contributed by atoms with van der Waals surface area (Å²) in [5, 5.41) is 3.99. The van der Waals surface area contributed by atoms with Crippen molar-refractivity contribution in [2.24, 2.45) is 7.05 Å². The van der Waals surface area contributed by atoms with Crippen molar-refractivity contribution in [3.63, 3.8) is 0 Å². The highest BCUT2D eigenvalue weighted by molar-refractivity contribution is 7.20. The number of nitrogens with one attached hydrogen (secondary N) is 1. The fourth-order valence-electron chi connectivity index (χ4n) is 2.19. The van der Waals surface area contributed by atoms with E-state index in [4.69, 9.17) is 23.2 Å². The van der Waals surface area contributed by atoms with Crippen LogP contribution in [0.5, 0.6) is 0 Å². The molecule has 0 fully saturated rings. The lowest BCUT2D eigenvalue weighted by molar-refractivity contribution is 0.103. The number of halogens is 2. The summed E-state index contributed by atoms with van der Waals surface area (Å²) in [5.41, 5.74) is 0.982. The number of hydrogen-bond acceptors (Lipinski definition) is 4. The maximum absolute atomic E-state index is 12.5. The van der Waals surface area contributed by atoms with Crippen molar-refractivity contribution >= 4 is 56.3 Å². The molecule has 0 atom stereocenters. The maximum Gasteiger partial charge on any atom is 0.266 e. The molecule has 1 N–H and O–H groups in total. The van der Waals surface area contributed by atoms with Gasteiger partial charge in [0.25, 0.3) is 11.5 Å². The third-order valence-electron chi connectivity index (χ3n) is 3.39. The number of aromatic nitrogens is 2. The first-order chi connectivity index (χ1) is 10.9. The number of fused-ring (bicyclic) bond motifs is 1. The van der Waals surface area contributed by atoms with E-state index in [9.17, 15) is 9.59 Å². The number of amides is 1. The van der Waals surface area contributed by atoms with Gasteiger partial charge < -0.3 is 9.88 Å². The van der Waals surface area contributed by atoms with Crippen molar-refractivity contribution in [2.75, 3.05) is 5.32 Å². The van der Waals surface area contributed by atoms with Gasteiger partial charge in [-0.05, 0) is 30.7 Å². The third kappa shape index (κ3) is 2.85. The lowest BCUT2D eigenvalue weighted by Gasteiger charge is -2.05. The Morgan fingerprint density at radius 3 is 2.74 bits per heavy atom. The lowest BCUT2D eigenvalue weighted by Crippen LogP contribution is -2.17. The molecule has 3 aromatic rings. The highest BCUT2D eigenvalue weighted by Gasteiger charge is 2.19. The Labute approximate surface area is 145 Å². The van der Waals surface area contributed by atoms with Crippen LogP contribution in [0.4, 0.5) is 5.69 Å². The fourth-order valence-corrected chi connectivity index (χ4v) is 3.52. The molecule has 0 bridgehead atoms. The summed E-state index contributed by atoms with van der Waals surface area (Å²) in [5.74, 6) is -0.314. The summed E-state index contributed by atoms with van der Waals surface area (Å²) in [6, 6.07) is 4.84. The molecule has 5 nitrogen and oxygen atoms in total. The van der Waals surface area contributed by atoms with Crippen LogP contribution in [-0.4, -0.2) is 15.5 Å². The minimum Gasteiger partial charge on any atom is -0.321 e. The number of carbonyl (C=O) groups is 1. The van der Waals surface area contributed by atoms with Gasteiger partial charge in [0.2, 0.25) is 0 Å². The number of carbonyl (C=O) groups excluding carboxylic acids is 1. The van der Waals surface area contributed by atoms with Crippen LogP contribution < -0.4 is 10.9 Å². The van der Waals surface area contributed by atoms with Crippen molar-refractivity contribution in [3.05, 3.63) is 55.4 Å². The fraction of sp³-hybridized carbons (Fsp3) is 0.133. The van der Waals surface area contributed by atoms with Crippen LogP contribution >= 0.6 is 34.5 Å². The Kier molecular flexibility index (Phi) is 4.14. The van der Waals surface area contributed by atoms with Crippen molar-refractivity contribution in [1.82, 2.24) is 9.55 Å². The second kappa shape index (κ2) is 5.96. The molecule has 0 unspecified atom stereocenters. The Hall–Kier alpha value is -1.89. The molecule has 0 aliphatic carbocycles. The number of benzene rings is 1. The molecular weight excluding hydrogens is 357 g/mol. The van der Waals surface area contributed by atoms with Crippen molar-refractivity contribution < 1.29 is 4.79 Å². The average Bonchev–Trinajstić information content (AvgIpc) is 2.84. The summed E-state index contributed by atoms with van der Waals surface area (Å²) >= 11 is 13.0. The van der Waals surface area contributed by atoms with Gasteiger partial charge in [0.1, 0.15) is 4.83 Å². The molecule has 0 aliphatic heterocycles. The normalized spacial score (nSPS) is 11.0. The molecular formula is C15H11Cl2N3O2S. The van der Waals surface area contributed by atoms with E-state index in [2.05, 4.69) is 10.3 Å². The first kappa shape index (κ1) is 16.0. The van der Waals surface area contributed by atoms with Gasteiger partial charge in [-0.3, -0.25) is 9.59 Å². The molecule has 1 amide bonds. The van der Waals surface area contributed by atoms with E-state index >= 15 is 0 Å². The van der Waals surface area contributed by atoms with Crippen LogP contribution in [0.25, 0.3) is 10.2 Å². The van der Waals surface area contributed by atoms with Gasteiger partial charge in [-0.15, -0.1) is 11.3 Å². The zero-order valence-corrected chi connectivity index (χ0v) is 14.5. The predicted molar refractivity (Wildman–Crippen MR) is 94.0 cm³/mol. The molecule has 0 aliphatic rings. The molecule has 2 aromatic heterocycles. The van der Waals surface area contributed by atoms with Gasteiger partial charge in [0.05, 0.1) is 26.6 Å². The zero-order valence-electron chi connectivity index (χ0n) is 12.2. The van der Waals surface area contributed by atoms with Gasteiger partial charge in [0.15, 0.2) is 0 Å². The predicted octanol–water partition coefficient (Wildman–Crippen LogP) is 3.86. The second-order valence-electron chi connectivity index (χ2n) is 4.98. The van der Waals surface area contributed by atoms with E-state index in [-0.39, 0.29) is 11.5 Å². The standard InChI is InChI=1S/C15H11Cl2N3O2S/c1-7-11-14(18-6-20(2)15(11)22)23-12(7)13(21)19-8-3-4-9(16)10(17)5-8/h3-6H,1-2H3,(H,19,21). The maximum atomic E-state index is 12.5. The van der Waals surface area contributed by atoms with Gasteiger partial charge in [-0.2, -0.15) is 0 Å². The van der Waals surface area contributed by atoms with Crippen LogP contribution in [0.2, 0.25) is 10.0 Å². The number of rotatable bonds is 2. The lowest BCUT2D eigenvalue weighted by atomic mass is 10.2. The Balaban J connectivity index is 2.01. The summed E-state index contributed by atoms with van der Waals surface area (Å²) in [4.78, 5) is 29.9. The Bertz CT molecular complexity index is 994. The Morgan fingerprint density at radius 2 is 2.04 bits per heavy atom. The van der Waals surface area contributed by atoms with Crippen LogP contribution in [0, 0.1) is 6.92 Å². The summed E-state index contributed by atoms with van der Waals surface area (Å²) in [7, 11) is 1.63. The summed E-state index contributed by atoms with van der Waals surface area (Å²) < 4.78 is 1.39. The smallest absolute Gasteiger partial charge is 0.266 e. The first-order valence-corrected chi connectivity index (χ1v) is 8.17. The molecule has 8 heteroatoms. The van der Waals surface area contributed by atoms with Crippen LogP contribution in [0.1, 0.15) is 15.2 Å². The number of aryl methyl sites for hydroxylation is 2. The number of thiophene rings is 1. The highest BCUT2D eigenvalue weighted by Crippen LogP contribution is 2.29. The SMILES string of the molecule is Cc1c(C(=O)Nc2ccc(Cl)c(Cl)c2)sc2ncn(C)c(=O)c12. The number of anilines is 1. The monoisotopic (exact) mass is 367 g/mol. The number of hydrogen-bond donors (Lipinski definition) is 1. The van der Waals surface area contributed by atoms with E-state index in [0.29, 0.717) is 36.4 Å². The molecule has 3 rings (SSSR count). The highest BCUT2D eigenvalue weighted by atomic mass is 35.5. The Morgan fingerprint density at radius 1 is 1.30 bits per heavy atom. The molecule has 0 spiro atoms. The first-order valence-electron chi connectivity index (χ1n) is 6.59. The molecule has 0 saturated heterocycles. The zero-order chi connectivity index (χ0) is 16.7. The topological polar surface area (TPSA) is 64.0 Å². The average molecular weight is 368 g/mol.